The third kappa shape index (κ3) is 2.24. The SMILES string of the molecule is Cc1c(Cn2cnc3sc4c(c3c2=O)CCC4)cccc1[N+](=O)[O-]. The van der Waals surface area contributed by atoms with E-state index in [1.165, 1.54) is 10.9 Å². The minimum atomic E-state index is -0.394. The second-order valence-electron chi connectivity index (χ2n) is 6.03. The first-order valence-electron chi connectivity index (χ1n) is 7.79. The third-order valence-electron chi connectivity index (χ3n) is 4.65. The van der Waals surface area contributed by atoms with Gasteiger partial charge >= 0.3 is 0 Å². The molecular formula is C17H15N3O3S. The number of hydrogen-bond acceptors (Lipinski definition) is 5. The number of benzene rings is 1. The standard InChI is InChI=1S/C17H15N3O3S/c1-10-11(4-2-6-13(10)20(22)23)8-19-9-18-16-15(17(19)21)12-5-3-7-14(12)24-16/h2,4,6,9H,3,5,7-8H2,1H3. The first-order valence-corrected chi connectivity index (χ1v) is 8.60. The molecule has 0 fully saturated rings. The summed E-state index contributed by atoms with van der Waals surface area (Å²) in [5.41, 5.74) is 2.53. The summed E-state index contributed by atoms with van der Waals surface area (Å²) >= 11 is 1.61. The largest absolute Gasteiger partial charge is 0.294 e. The Morgan fingerprint density at radius 1 is 1.38 bits per heavy atom. The smallest absolute Gasteiger partial charge is 0.272 e. The molecule has 0 bridgehead atoms. The topological polar surface area (TPSA) is 78.0 Å². The molecule has 0 radical (unpaired) electrons. The predicted molar refractivity (Wildman–Crippen MR) is 92.8 cm³/mol. The van der Waals surface area contributed by atoms with Crippen molar-refractivity contribution >= 4 is 27.2 Å². The number of nitrogens with zero attached hydrogens (tertiary/aromatic N) is 3. The summed E-state index contributed by atoms with van der Waals surface area (Å²) in [7, 11) is 0. The van der Waals surface area contributed by atoms with Gasteiger partial charge in [-0.1, -0.05) is 12.1 Å². The normalized spacial score (nSPS) is 13.4. The van der Waals surface area contributed by atoms with Crippen molar-refractivity contribution < 1.29 is 4.92 Å². The van der Waals surface area contributed by atoms with Gasteiger partial charge in [0.2, 0.25) is 0 Å². The van der Waals surface area contributed by atoms with Crippen LogP contribution in [0, 0.1) is 17.0 Å². The van der Waals surface area contributed by atoms with Gasteiger partial charge in [0, 0.05) is 16.5 Å². The molecule has 0 atom stereocenters. The lowest BCUT2D eigenvalue weighted by Crippen LogP contribution is -2.21. The molecule has 0 amide bonds. The summed E-state index contributed by atoms with van der Waals surface area (Å²) in [5.74, 6) is 0. The molecule has 2 heterocycles. The minimum absolute atomic E-state index is 0.0506. The zero-order valence-corrected chi connectivity index (χ0v) is 13.9. The lowest BCUT2D eigenvalue weighted by Gasteiger charge is -2.09. The molecule has 2 aromatic heterocycles. The summed E-state index contributed by atoms with van der Waals surface area (Å²) < 4.78 is 1.56. The molecule has 1 aliphatic rings. The molecule has 0 saturated carbocycles. The van der Waals surface area contributed by atoms with Crippen molar-refractivity contribution in [3.05, 3.63) is 66.6 Å². The number of rotatable bonds is 3. The lowest BCUT2D eigenvalue weighted by molar-refractivity contribution is -0.385. The Bertz CT molecular complexity index is 1040. The summed E-state index contributed by atoms with van der Waals surface area (Å²) in [6.45, 7) is 2.01. The van der Waals surface area contributed by atoms with E-state index < -0.39 is 4.92 Å². The molecule has 3 aromatic rings. The maximum atomic E-state index is 12.9. The van der Waals surface area contributed by atoms with Crippen LogP contribution >= 0.6 is 11.3 Å². The van der Waals surface area contributed by atoms with Gasteiger partial charge in [-0.2, -0.15) is 0 Å². The average Bonchev–Trinajstić information content (AvgIpc) is 3.12. The highest BCUT2D eigenvalue weighted by Crippen LogP contribution is 2.34. The molecule has 0 saturated heterocycles. The zero-order valence-electron chi connectivity index (χ0n) is 13.1. The van der Waals surface area contributed by atoms with Crippen molar-refractivity contribution in [1.29, 1.82) is 0 Å². The van der Waals surface area contributed by atoms with Crippen LogP contribution in [0.3, 0.4) is 0 Å². The van der Waals surface area contributed by atoms with Crippen LogP contribution in [0.2, 0.25) is 0 Å². The van der Waals surface area contributed by atoms with Gasteiger partial charge in [0.15, 0.2) is 0 Å². The van der Waals surface area contributed by atoms with E-state index >= 15 is 0 Å². The Kier molecular flexibility index (Phi) is 3.45. The summed E-state index contributed by atoms with van der Waals surface area (Å²) in [6, 6.07) is 4.95. The summed E-state index contributed by atoms with van der Waals surface area (Å²) in [6.07, 6.45) is 4.61. The molecule has 6 nitrogen and oxygen atoms in total. The second kappa shape index (κ2) is 5.52. The van der Waals surface area contributed by atoms with Gasteiger partial charge in [-0.05, 0) is 37.3 Å². The van der Waals surface area contributed by atoms with E-state index in [-0.39, 0.29) is 11.2 Å². The number of aryl methyl sites for hydroxylation is 2. The molecular weight excluding hydrogens is 326 g/mol. The number of nitro groups is 1. The van der Waals surface area contributed by atoms with Crippen molar-refractivity contribution in [2.24, 2.45) is 0 Å². The van der Waals surface area contributed by atoms with Crippen molar-refractivity contribution in [2.75, 3.05) is 0 Å². The van der Waals surface area contributed by atoms with Gasteiger partial charge in [0.25, 0.3) is 11.2 Å². The van der Waals surface area contributed by atoms with Crippen LogP contribution in [0.4, 0.5) is 5.69 Å². The molecule has 24 heavy (non-hydrogen) atoms. The highest BCUT2D eigenvalue weighted by Gasteiger charge is 2.21. The molecule has 1 aliphatic carbocycles. The van der Waals surface area contributed by atoms with E-state index in [1.54, 1.807) is 35.2 Å². The Morgan fingerprint density at radius 3 is 3.00 bits per heavy atom. The van der Waals surface area contributed by atoms with Crippen molar-refractivity contribution in [2.45, 2.75) is 32.7 Å². The predicted octanol–water partition coefficient (Wildman–Crippen LogP) is 3.21. The number of nitro benzene ring substituents is 1. The first kappa shape index (κ1) is 15.0. The minimum Gasteiger partial charge on any atom is -0.294 e. The number of thiophene rings is 1. The molecule has 0 spiro atoms. The van der Waals surface area contributed by atoms with E-state index in [1.807, 2.05) is 6.07 Å². The first-order chi connectivity index (χ1) is 11.6. The Labute approximate surface area is 141 Å². The van der Waals surface area contributed by atoms with Crippen LogP contribution in [0.5, 0.6) is 0 Å². The van der Waals surface area contributed by atoms with Crippen LogP contribution in [0.15, 0.2) is 29.3 Å². The molecule has 4 rings (SSSR count). The van der Waals surface area contributed by atoms with Crippen LogP contribution in [0.1, 0.15) is 28.0 Å². The highest BCUT2D eigenvalue weighted by atomic mass is 32.1. The van der Waals surface area contributed by atoms with Gasteiger partial charge < -0.3 is 0 Å². The van der Waals surface area contributed by atoms with E-state index in [4.69, 9.17) is 0 Å². The van der Waals surface area contributed by atoms with Gasteiger partial charge in [0.1, 0.15) is 4.83 Å². The second-order valence-corrected chi connectivity index (χ2v) is 7.12. The van der Waals surface area contributed by atoms with Crippen molar-refractivity contribution in [1.82, 2.24) is 9.55 Å². The van der Waals surface area contributed by atoms with Gasteiger partial charge in [-0.3, -0.25) is 19.5 Å². The van der Waals surface area contributed by atoms with E-state index in [2.05, 4.69) is 4.98 Å². The van der Waals surface area contributed by atoms with Crippen LogP contribution in [-0.2, 0) is 19.4 Å². The van der Waals surface area contributed by atoms with Crippen LogP contribution in [-0.4, -0.2) is 14.5 Å². The van der Waals surface area contributed by atoms with Gasteiger partial charge in [-0.25, -0.2) is 4.98 Å². The van der Waals surface area contributed by atoms with Crippen LogP contribution in [0.25, 0.3) is 10.2 Å². The van der Waals surface area contributed by atoms with E-state index in [0.29, 0.717) is 12.1 Å². The Morgan fingerprint density at radius 2 is 2.21 bits per heavy atom. The quantitative estimate of drug-likeness (QED) is 0.541. The number of aromatic nitrogens is 2. The molecule has 0 N–H and O–H groups in total. The fraction of sp³-hybridized carbons (Fsp3) is 0.294. The molecule has 0 aliphatic heterocycles. The fourth-order valence-electron chi connectivity index (χ4n) is 3.35. The van der Waals surface area contributed by atoms with Crippen molar-refractivity contribution in [3.63, 3.8) is 0 Å². The molecule has 1 aromatic carbocycles. The monoisotopic (exact) mass is 341 g/mol. The fourth-order valence-corrected chi connectivity index (χ4v) is 4.57. The Balaban J connectivity index is 1.81. The maximum absolute atomic E-state index is 12.9. The summed E-state index contributed by atoms with van der Waals surface area (Å²) in [4.78, 5) is 30.1. The van der Waals surface area contributed by atoms with E-state index in [0.717, 1.165) is 40.6 Å². The number of hydrogen-bond donors (Lipinski definition) is 0. The molecule has 0 unspecified atom stereocenters. The average molecular weight is 341 g/mol. The van der Waals surface area contributed by atoms with Crippen molar-refractivity contribution in [3.8, 4) is 0 Å². The lowest BCUT2D eigenvalue weighted by atomic mass is 10.1. The van der Waals surface area contributed by atoms with E-state index in [9.17, 15) is 14.9 Å². The molecule has 7 heteroatoms. The highest BCUT2D eigenvalue weighted by molar-refractivity contribution is 7.18. The van der Waals surface area contributed by atoms with Gasteiger partial charge in [0.05, 0.1) is 23.2 Å². The Hall–Kier alpha value is -2.54. The van der Waals surface area contributed by atoms with Gasteiger partial charge in [-0.15, -0.1) is 11.3 Å². The number of fused-ring (bicyclic) bond motifs is 3. The van der Waals surface area contributed by atoms with Crippen LogP contribution < -0.4 is 5.56 Å². The summed E-state index contributed by atoms with van der Waals surface area (Å²) in [5, 5.41) is 11.8. The third-order valence-corrected chi connectivity index (χ3v) is 5.85. The maximum Gasteiger partial charge on any atom is 0.272 e. The molecule has 122 valence electrons. The zero-order chi connectivity index (χ0) is 16.8.